The molecule has 0 radical (unpaired) electrons. The zero-order valence-electron chi connectivity index (χ0n) is 9.64. The van der Waals surface area contributed by atoms with Gasteiger partial charge in [-0.15, -0.1) is 0 Å². The third kappa shape index (κ3) is 4.18. The van der Waals surface area contributed by atoms with Gasteiger partial charge in [-0.1, -0.05) is 13.3 Å². The first-order chi connectivity index (χ1) is 8.36. The summed E-state index contributed by atoms with van der Waals surface area (Å²) in [4.78, 5) is -0.444. The second kappa shape index (κ2) is 6.44. The molecule has 1 aromatic rings. The minimum atomic E-state index is -4.11. The highest BCUT2D eigenvalue weighted by Crippen LogP contribution is 2.22. The molecule has 5 nitrogen and oxygen atoms in total. The average molecular weight is 303 g/mol. The van der Waals surface area contributed by atoms with Gasteiger partial charge in [0.15, 0.2) is 0 Å². The fourth-order valence-electron chi connectivity index (χ4n) is 1.23. The summed E-state index contributed by atoms with van der Waals surface area (Å²) in [7, 11) is 1.03. The molecule has 0 saturated heterocycles. The Morgan fingerprint density at radius 2 is 2.22 bits per heavy atom. The molecule has 0 atom stereocenters. The number of rotatable bonds is 7. The van der Waals surface area contributed by atoms with Gasteiger partial charge in [-0.3, -0.25) is 0 Å². The lowest BCUT2D eigenvalue weighted by molar-refractivity contribution is 0.0541. The molecule has 0 aliphatic heterocycles. The van der Waals surface area contributed by atoms with Crippen LogP contribution in [0.15, 0.2) is 11.1 Å². The number of halogens is 3. The second-order valence-corrected chi connectivity index (χ2v) is 6.08. The van der Waals surface area contributed by atoms with Gasteiger partial charge in [-0.2, -0.15) is 13.9 Å². The fraction of sp³-hybridized carbons (Fsp3) is 0.667. The molecule has 9 heteroatoms. The van der Waals surface area contributed by atoms with Crippen molar-refractivity contribution in [2.45, 2.75) is 37.8 Å². The van der Waals surface area contributed by atoms with Crippen LogP contribution in [0.5, 0.6) is 0 Å². The Kier molecular flexibility index (Phi) is 5.48. The summed E-state index contributed by atoms with van der Waals surface area (Å²) < 4.78 is 52.6. The van der Waals surface area contributed by atoms with Gasteiger partial charge in [-0.05, 0) is 6.42 Å². The van der Waals surface area contributed by atoms with Crippen molar-refractivity contribution in [3.8, 4) is 0 Å². The summed E-state index contributed by atoms with van der Waals surface area (Å²) >= 11 is 0. The molecule has 1 rings (SSSR count). The smallest absolute Gasteiger partial charge is 0.333 e. The maximum Gasteiger partial charge on any atom is 0.333 e. The van der Waals surface area contributed by atoms with Gasteiger partial charge < -0.3 is 4.74 Å². The zero-order valence-corrected chi connectivity index (χ0v) is 11.2. The van der Waals surface area contributed by atoms with Crippen LogP contribution < -0.4 is 0 Å². The van der Waals surface area contributed by atoms with E-state index in [1.807, 2.05) is 6.92 Å². The Balaban J connectivity index is 2.87. The van der Waals surface area contributed by atoms with Gasteiger partial charge in [0.1, 0.15) is 10.6 Å². The normalized spacial score (nSPS) is 12.3. The van der Waals surface area contributed by atoms with Gasteiger partial charge in [-0.25, -0.2) is 13.1 Å². The topological polar surface area (TPSA) is 61.2 Å². The van der Waals surface area contributed by atoms with Crippen LogP contribution in [0.25, 0.3) is 0 Å². The number of alkyl halides is 2. The van der Waals surface area contributed by atoms with Crippen LogP contribution in [0.4, 0.5) is 8.78 Å². The molecule has 0 fully saturated rings. The van der Waals surface area contributed by atoms with Crippen LogP contribution in [0.2, 0.25) is 0 Å². The number of ether oxygens (including phenoxy) is 1. The molecule has 0 aliphatic rings. The van der Waals surface area contributed by atoms with E-state index in [-0.39, 0.29) is 17.0 Å². The Morgan fingerprint density at radius 3 is 2.72 bits per heavy atom. The lowest BCUT2D eigenvalue weighted by Crippen LogP contribution is -2.02. The lowest BCUT2D eigenvalue weighted by Gasteiger charge is -2.01. The number of aromatic nitrogens is 2. The van der Waals surface area contributed by atoms with Crippen LogP contribution in [0, 0.1) is 0 Å². The summed E-state index contributed by atoms with van der Waals surface area (Å²) in [5.74, 6) is 0. The van der Waals surface area contributed by atoms with Gasteiger partial charge in [0.2, 0.25) is 0 Å². The molecule has 0 unspecified atom stereocenters. The first-order valence-corrected chi connectivity index (χ1v) is 7.55. The fourth-order valence-corrected chi connectivity index (χ4v) is 2.23. The summed E-state index contributed by atoms with van der Waals surface area (Å²) in [6, 6.07) is 0. The van der Waals surface area contributed by atoms with Crippen molar-refractivity contribution < 1.29 is 21.9 Å². The van der Waals surface area contributed by atoms with E-state index in [0.717, 1.165) is 12.8 Å². The van der Waals surface area contributed by atoms with Crippen molar-refractivity contribution in [2.24, 2.45) is 0 Å². The van der Waals surface area contributed by atoms with E-state index in [0.29, 0.717) is 12.8 Å². The highest BCUT2D eigenvalue weighted by atomic mass is 35.7. The first kappa shape index (κ1) is 15.3. The predicted molar refractivity (Wildman–Crippen MR) is 61.1 cm³/mol. The van der Waals surface area contributed by atoms with Crippen LogP contribution in [-0.2, 0) is 20.4 Å². The van der Waals surface area contributed by atoms with Crippen LogP contribution >= 0.6 is 10.7 Å². The summed E-state index contributed by atoms with van der Waals surface area (Å²) in [6.45, 7) is -0.726. The summed E-state index contributed by atoms with van der Waals surface area (Å²) in [5.41, 5.74) is -0.110. The molecule has 1 heterocycles. The number of hydrogen-bond donors (Lipinski definition) is 0. The molecule has 0 amide bonds. The van der Waals surface area contributed by atoms with Gasteiger partial charge in [0, 0.05) is 17.3 Å². The highest BCUT2D eigenvalue weighted by Gasteiger charge is 2.22. The van der Waals surface area contributed by atoms with Crippen molar-refractivity contribution in [1.29, 1.82) is 0 Å². The largest absolute Gasteiger partial charge is 0.375 e. The highest BCUT2D eigenvalue weighted by molar-refractivity contribution is 8.13. The van der Waals surface area contributed by atoms with Crippen molar-refractivity contribution in [2.75, 3.05) is 6.61 Å². The quantitative estimate of drug-likeness (QED) is 0.573. The standard InChI is InChI=1S/C9H13ClF2N2O3S/c1-2-3-4-17-6-7-8(18(10,15)16)5-14(13-7)9(11)12/h5,9H,2-4,6H2,1H3. The molecule has 0 aliphatic carbocycles. The van der Waals surface area contributed by atoms with E-state index in [1.54, 1.807) is 0 Å². The SMILES string of the molecule is CCCCOCc1nn(C(F)F)cc1S(=O)(=O)Cl. The summed E-state index contributed by atoms with van der Waals surface area (Å²) in [6.07, 6.45) is 2.40. The van der Waals surface area contributed by atoms with Gasteiger partial charge in [0.25, 0.3) is 9.05 Å². The van der Waals surface area contributed by atoms with Gasteiger partial charge >= 0.3 is 6.55 Å². The maximum atomic E-state index is 12.4. The minimum Gasteiger partial charge on any atom is -0.375 e. The van der Waals surface area contributed by atoms with Crippen molar-refractivity contribution in [3.05, 3.63) is 11.9 Å². The van der Waals surface area contributed by atoms with Crippen LogP contribution in [0.3, 0.4) is 0 Å². The molecule has 0 saturated carbocycles. The molecule has 0 spiro atoms. The lowest BCUT2D eigenvalue weighted by atomic mass is 10.4. The van der Waals surface area contributed by atoms with E-state index in [1.165, 1.54) is 0 Å². The Bertz CT molecular complexity index is 490. The Morgan fingerprint density at radius 1 is 1.56 bits per heavy atom. The molecule has 18 heavy (non-hydrogen) atoms. The molecule has 104 valence electrons. The zero-order chi connectivity index (χ0) is 13.8. The third-order valence-corrected chi connectivity index (χ3v) is 3.48. The molecule has 0 aromatic carbocycles. The number of unbranched alkanes of at least 4 members (excludes halogenated alkanes) is 1. The molecule has 0 N–H and O–H groups in total. The van der Waals surface area contributed by atoms with E-state index in [9.17, 15) is 17.2 Å². The van der Waals surface area contributed by atoms with E-state index in [4.69, 9.17) is 15.4 Å². The Labute approximate surface area is 108 Å². The first-order valence-electron chi connectivity index (χ1n) is 5.24. The minimum absolute atomic E-state index is 0.110. The molecule has 0 bridgehead atoms. The monoisotopic (exact) mass is 302 g/mol. The molecular formula is C9H13ClF2N2O3S. The Hall–Kier alpha value is -0.730. The molecule has 1 aromatic heterocycles. The molecular weight excluding hydrogens is 290 g/mol. The summed E-state index contributed by atoms with van der Waals surface area (Å²) in [5, 5.41) is 3.45. The van der Waals surface area contributed by atoms with E-state index in [2.05, 4.69) is 5.10 Å². The van der Waals surface area contributed by atoms with Crippen molar-refractivity contribution in [3.63, 3.8) is 0 Å². The van der Waals surface area contributed by atoms with Crippen LogP contribution in [0.1, 0.15) is 32.0 Å². The number of nitrogens with zero attached hydrogens (tertiary/aromatic N) is 2. The third-order valence-electron chi connectivity index (χ3n) is 2.11. The predicted octanol–water partition coefficient (Wildman–Crippen LogP) is 2.52. The van der Waals surface area contributed by atoms with E-state index < -0.39 is 20.5 Å². The van der Waals surface area contributed by atoms with Crippen molar-refractivity contribution in [1.82, 2.24) is 9.78 Å². The van der Waals surface area contributed by atoms with E-state index >= 15 is 0 Å². The average Bonchev–Trinajstić information content (AvgIpc) is 2.68. The van der Waals surface area contributed by atoms with Crippen LogP contribution in [-0.4, -0.2) is 24.8 Å². The second-order valence-electron chi connectivity index (χ2n) is 3.54. The maximum absolute atomic E-state index is 12.4. The van der Waals surface area contributed by atoms with Gasteiger partial charge in [0.05, 0.1) is 12.8 Å². The number of hydrogen-bond acceptors (Lipinski definition) is 4. The van der Waals surface area contributed by atoms with Crippen molar-refractivity contribution >= 4 is 19.7 Å².